The van der Waals surface area contributed by atoms with Crippen molar-refractivity contribution in [2.45, 2.75) is 13.3 Å². The summed E-state index contributed by atoms with van der Waals surface area (Å²) in [5, 5.41) is 4.90. The van der Waals surface area contributed by atoms with Crippen molar-refractivity contribution < 1.29 is 4.74 Å². The van der Waals surface area contributed by atoms with Crippen LogP contribution in [0.25, 0.3) is 0 Å². The number of hydrazone groups is 1. The first-order valence-corrected chi connectivity index (χ1v) is 6.93. The molecule has 20 heavy (non-hydrogen) atoms. The number of ether oxygens (including phenoxy) is 1. The highest BCUT2D eigenvalue weighted by molar-refractivity contribution is 6.30. The topological polar surface area (TPSA) is 33.6 Å². The second-order valence-electron chi connectivity index (χ2n) is 4.30. The average molecular weight is 289 g/mol. The summed E-state index contributed by atoms with van der Waals surface area (Å²) < 4.78 is 5.58. The minimum absolute atomic E-state index is 0.709. The van der Waals surface area contributed by atoms with E-state index < -0.39 is 0 Å². The highest BCUT2D eigenvalue weighted by Crippen LogP contribution is 2.14. The van der Waals surface area contributed by atoms with E-state index >= 15 is 0 Å². The van der Waals surface area contributed by atoms with Gasteiger partial charge in [0.2, 0.25) is 0 Å². The van der Waals surface area contributed by atoms with Crippen molar-refractivity contribution in [2.24, 2.45) is 5.10 Å². The van der Waals surface area contributed by atoms with Crippen molar-refractivity contribution in [3.05, 3.63) is 59.1 Å². The number of nitrogens with one attached hydrogen (secondary N) is 1. The maximum atomic E-state index is 5.82. The van der Waals surface area contributed by atoms with Crippen LogP contribution < -0.4 is 10.2 Å². The molecule has 0 amide bonds. The minimum atomic E-state index is 0.709. The lowest BCUT2D eigenvalue weighted by atomic mass is 10.2. The molecule has 0 fully saturated rings. The summed E-state index contributed by atoms with van der Waals surface area (Å²) in [6.45, 7) is 2.81. The van der Waals surface area contributed by atoms with Gasteiger partial charge in [-0.3, -0.25) is 5.43 Å². The second kappa shape index (κ2) is 7.56. The average Bonchev–Trinajstić information content (AvgIpc) is 2.48. The van der Waals surface area contributed by atoms with Crippen LogP contribution in [0.1, 0.15) is 18.9 Å². The van der Waals surface area contributed by atoms with Crippen LogP contribution in [0.3, 0.4) is 0 Å². The molecule has 0 saturated heterocycles. The quantitative estimate of drug-likeness (QED) is 0.624. The Morgan fingerprint density at radius 3 is 2.75 bits per heavy atom. The number of benzene rings is 2. The van der Waals surface area contributed by atoms with E-state index in [-0.39, 0.29) is 0 Å². The van der Waals surface area contributed by atoms with Gasteiger partial charge < -0.3 is 4.74 Å². The minimum Gasteiger partial charge on any atom is -0.494 e. The Bertz CT molecular complexity index is 567. The summed E-state index contributed by atoms with van der Waals surface area (Å²) in [4.78, 5) is 0. The first kappa shape index (κ1) is 14.4. The molecule has 2 aromatic carbocycles. The molecule has 0 aliphatic heterocycles. The lowest BCUT2D eigenvalue weighted by molar-refractivity contribution is 0.317. The van der Waals surface area contributed by atoms with Crippen LogP contribution in [0.4, 0.5) is 5.69 Å². The summed E-state index contributed by atoms with van der Waals surface area (Å²) in [6, 6.07) is 15.2. The Hall–Kier alpha value is -2.00. The van der Waals surface area contributed by atoms with Crippen molar-refractivity contribution in [2.75, 3.05) is 12.0 Å². The van der Waals surface area contributed by atoms with E-state index in [4.69, 9.17) is 16.3 Å². The fourth-order valence-electron chi connectivity index (χ4n) is 1.61. The highest BCUT2D eigenvalue weighted by atomic mass is 35.5. The lowest BCUT2D eigenvalue weighted by Crippen LogP contribution is -1.96. The van der Waals surface area contributed by atoms with E-state index in [1.54, 1.807) is 6.21 Å². The van der Waals surface area contributed by atoms with Crippen molar-refractivity contribution in [1.82, 2.24) is 0 Å². The predicted molar refractivity (Wildman–Crippen MR) is 84.9 cm³/mol. The lowest BCUT2D eigenvalue weighted by Gasteiger charge is -2.04. The fourth-order valence-corrected chi connectivity index (χ4v) is 1.74. The summed E-state index contributed by atoms with van der Waals surface area (Å²) in [7, 11) is 0. The number of nitrogens with zero attached hydrogens (tertiary/aromatic N) is 1. The van der Waals surface area contributed by atoms with Gasteiger partial charge >= 0.3 is 0 Å². The summed E-state index contributed by atoms with van der Waals surface area (Å²) in [6.07, 6.45) is 2.75. The van der Waals surface area contributed by atoms with Gasteiger partial charge in [0.1, 0.15) is 5.75 Å². The fraction of sp³-hybridized carbons (Fsp3) is 0.188. The zero-order valence-corrected chi connectivity index (χ0v) is 12.1. The second-order valence-corrected chi connectivity index (χ2v) is 4.73. The van der Waals surface area contributed by atoms with Crippen molar-refractivity contribution in [3.8, 4) is 5.75 Å². The molecular formula is C16H17ClN2O. The molecule has 4 heteroatoms. The molecule has 0 saturated carbocycles. The zero-order chi connectivity index (χ0) is 14.2. The standard InChI is InChI=1S/C16H17ClN2O/c1-2-10-20-16-5-3-4-13(11-16)12-18-19-15-8-6-14(17)7-9-15/h3-9,11-12,19H,2,10H2,1H3/b18-12+. The largest absolute Gasteiger partial charge is 0.494 e. The van der Waals surface area contributed by atoms with Gasteiger partial charge in [-0.1, -0.05) is 30.7 Å². The molecule has 0 radical (unpaired) electrons. The van der Waals surface area contributed by atoms with Gasteiger partial charge in [0, 0.05) is 5.02 Å². The first-order valence-electron chi connectivity index (χ1n) is 6.55. The molecule has 1 N–H and O–H groups in total. The summed E-state index contributed by atoms with van der Waals surface area (Å²) in [5.74, 6) is 0.863. The van der Waals surface area contributed by atoms with Crippen LogP contribution in [0.15, 0.2) is 53.6 Å². The Kier molecular flexibility index (Phi) is 5.44. The Morgan fingerprint density at radius 2 is 2.00 bits per heavy atom. The Morgan fingerprint density at radius 1 is 1.20 bits per heavy atom. The molecule has 0 aliphatic carbocycles. The van der Waals surface area contributed by atoms with E-state index in [0.29, 0.717) is 5.02 Å². The Labute approximate surface area is 124 Å². The van der Waals surface area contributed by atoms with E-state index in [0.717, 1.165) is 30.0 Å². The van der Waals surface area contributed by atoms with Crippen molar-refractivity contribution in [1.29, 1.82) is 0 Å². The van der Waals surface area contributed by atoms with Crippen molar-refractivity contribution >= 4 is 23.5 Å². The number of hydrogen-bond donors (Lipinski definition) is 1. The molecule has 0 spiro atoms. The summed E-state index contributed by atoms with van der Waals surface area (Å²) in [5.41, 5.74) is 4.83. The number of rotatable bonds is 6. The molecule has 2 aromatic rings. The van der Waals surface area contributed by atoms with Crippen LogP contribution in [-0.4, -0.2) is 12.8 Å². The van der Waals surface area contributed by atoms with Gasteiger partial charge in [-0.05, 0) is 48.4 Å². The maximum Gasteiger partial charge on any atom is 0.119 e. The third kappa shape index (κ3) is 4.59. The van der Waals surface area contributed by atoms with Gasteiger partial charge in [-0.25, -0.2) is 0 Å². The van der Waals surface area contributed by atoms with E-state index in [1.165, 1.54) is 0 Å². The number of halogens is 1. The number of hydrogen-bond acceptors (Lipinski definition) is 3. The molecular weight excluding hydrogens is 272 g/mol. The van der Waals surface area contributed by atoms with E-state index in [2.05, 4.69) is 17.5 Å². The summed E-state index contributed by atoms with van der Waals surface area (Å²) >= 11 is 5.82. The molecule has 104 valence electrons. The van der Waals surface area contributed by atoms with Gasteiger partial charge in [0.15, 0.2) is 0 Å². The van der Waals surface area contributed by atoms with Gasteiger partial charge in [0.25, 0.3) is 0 Å². The van der Waals surface area contributed by atoms with Gasteiger partial charge in [-0.15, -0.1) is 0 Å². The van der Waals surface area contributed by atoms with Crippen LogP contribution in [0.5, 0.6) is 5.75 Å². The van der Waals surface area contributed by atoms with Crippen LogP contribution in [0, 0.1) is 0 Å². The smallest absolute Gasteiger partial charge is 0.119 e. The normalized spacial score (nSPS) is 10.7. The molecule has 0 heterocycles. The van der Waals surface area contributed by atoms with Gasteiger partial charge in [-0.2, -0.15) is 5.10 Å². The highest BCUT2D eigenvalue weighted by Gasteiger charge is 1.94. The third-order valence-electron chi connectivity index (χ3n) is 2.58. The van der Waals surface area contributed by atoms with Crippen LogP contribution in [-0.2, 0) is 0 Å². The first-order chi connectivity index (χ1) is 9.78. The molecule has 0 bridgehead atoms. The van der Waals surface area contributed by atoms with E-state index in [1.807, 2.05) is 48.5 Å². The third-order valence-corrected chi connectivity index (χ3v) is 2.83. The number of anilines is 1. The monoisotopic (exact) mass is 288 g/mol. The molecule has 0 atom stereocenters. The van der Waals surface area contributed by atoms with Crippen LogP contribution >= 0.6 is 11.6 Å². The van der Waals surface area contributed by atoms with Crippen molar-refractivity contribution in [3.63, 3.8) is 0 Å². The molecule has 0 aromatic heterocycles. The molecule has 0 unspecified atom stereocenters. The molecule has 3 nitrogen and oxygen atoms in total. The SMILES string of the molecule is CCCOc1cccc(/C=N/Nc2ccc(Cl)cc2)c1. The molecule has 2 rings (SSSR count). The Balaban J connectivity index is 1.95. The zero-order valence-electron chi connectivity index (χ0n) is 11.3. The maximum absolute atomic E-state index is 5.82. The van der Waals surface area contributed by atoms with E-state index in [9.17, 15) is 0 Å². The van der Waals surface area contributed by atoms with Gasteiger partial charge in [0.05, 0.1) is 18.5 Å². The van der Waals surface area contributed by atoms with Crippen LogP contribution in [0.2, 0.25) is 5.02 Å². The predicted octanol–water partition coefficient (Wildman–Crippen LogP) is 4.57. The molecule has 0 aliphatic rings.